The van der Waals surface area contributed by atoms with Crippen LogP contribution in [0.4, 0.5) is 22.0 Å². The summed E-state index contributed by atoms with van der Waals surface area (Å²) >= 11 is 0. The highest BCUT2D eigenvalue weighted by Gasteiger charge is 2.45. The fourth-order valence-electron chi connectivity index (χ4n) is 5.01. The van der Waals surface area contributed by atoms with E-state index in [-0.39, 0.29) is 0 Å². The van der Waals surface area contributed by atoms with Gasteiger partial charge in [0, 0.05) is 10.9 Å². The summed E-state index contributed by atoms with van der Waals surface area (Å²) in [6.07, 6.45) is -4.62. The number of benzene rings is 4. The predicted octanol–water partition coefficient (Wildman–Crippen LogP) is 8.70. The molecule has 1 heterocycles. The minimum Gasteiger partial charge on any atom is -0.249 e. The zero-order chi connectivity index (χ0) is 26.0. The molecule has 0 spiro atoms. The Morgan fingerprint density at radius 1 is 0.649 bits per heavy atom. The van der Waals surface area contributed by atoms with Gasteiger partial charge in [-0.15, -0.1) is 0 Å². The van der Waals surface area contributed by atoms with Gasteiger partial charge >= 0.3 is 6.18 Å². The lowest BCUT2D eigenvalue weighted by Gasteiger charge is -2.30. The summed E-state index contributed by atoms with van der Waals surface area (Å²) < 4.78 is 56.7. The van der Waals surface area contributed by atoms with Crippen LogP contribution in [0.25, 0.3) is 33.3 Å². The first-order valence-electron chi connectivity index (χ1n) is 11.7. The van der Waals surface area contributed by atoms with Crippen LogP contribution in [0.5, 0.6) is 0 Å². The molecule has 0 bridgehead atoms. The minimum atomic E-state index is -4.62. The maximum Gasteiger partial charge on any atom is 0.416 e. The second kappa shape index (κ2) is 9.77. The van der Waals surface area contributed by atoms with Crippen LogP contribution in [0.15, 0.2) is 109 Å². The Balaban J connectivity index is 0.000000421. The Morgan fingerprint density at radius 3 is 2.03 bits per heavy atom. The molecule has 1 aliphatic carbocycles. The van der Waals surface area contributed by atoms with Crippen molar-refractivity contribution in [3.05, 3.63) is 126 Å². The molecular weight excluding hydrogens is 481 g/mol. The normalized spacial score (nSPS) is 16.0. The zero-order valence-electron chi connectivity index (χ0n) is 19.6. The third-order valence-corrected chi connectivity index (χ3v) is 6.67. The third-order valence-electron chi connectivity index (χ3n) is 6.67. The van der Waals surface area contributed by atoms with Crippen molar-refractivity contribution in [1.82, 2.24) is 4.98 Å². The van der Waals surface area contributed by atoms with Crippen molar-refractivity contribution < 1.29 is 22.0 Å². The van der Waals surface area contributed by atoms with E-state index in [0.717, 1.165) is 50.0 Å². The number of pyridine rings is 1. The number of aromatic nitrogens is 1. The van der Waals surface area contributed by atoms with Crippen molar-refractivity contribution in [1.29, 1.82) is 0 Å². The number of hydrogen-bond acceptors (Lipinski definition) is 1. The molecule has 1 unspecified atom stereocenters. The average Bonchev–Trinajstić information content (AvgIpc) is 3.23. The number of hydrogen-bond donors (Lipinski definition) is 0. The van der Waals surface area contributed by atoms with Crippen LogP contribution in [-0.2, 0) is 5.41 Å². The van der Waals surface area contributed by atoms with Crippen molar-refractivity contribution >= 4 is 10.9 Å². The molecule has 5 aromatic rings. The maximum absolute atomic E-state index is 15.1. The first-order valence-corrected chi connectivity index (χ1v) is 11.7. The molecule has 0 fully saturated rings. The van der Waals surface area contributed by atoms with E-state index < -0.39 is 24.9 Å². The number of rotatable bonds is 3. The van der Waals surface area contributed by atoms with Crippen LogP contribution in [0.1, 0.15) is 16.7 Å². The SMILES string of the molecule is FCC(F)(F)F.FCC1(c2ccccc2)c2ccccc2-c2ccc(-c3ccc4ccccc4n3)cc21. The minimum absolute atomic E-state index is 0.490. The van der Waals surface area contributed by atoms with Crippen LogP contribution in [0.2, 0.25) is 0 Å². The molecular formula is C31H22F5N. The molecule has 1 atom stereocenters. The van der Waals surface area contributed by atoms with Gasteiger partial charge in [-0.2, -0.15) is 13.2 Å². The van der Waals surface area contributed by atoms with Crippen molar-refractivity contribution in [2.45, 2.75) is 11.6 Å². The van der Waals surface area contributed by atoms with Gasteiger partial charge in [-0.05, 0) is 46.0 Å². The second-order valence-corrected chi connectivity index (χ2v) is 8.85. The topological polar surface area (TPSA) is 12.9 Å². The van der Waals surface area contributed by atoms with Gasteiger partial charge in [0.1, 0.15) is 6.67 Å². The molecule has 0 aliphatic heterocycles. The summed E-state index contributed by atoms with van der Waals surface area (Å²) in [5, 5.41) is 1.11. The van der Waals surface area contributed by atoms with Gasteiger partial charge < -0.3 is 0 Å². The van der Waals surface area contributed by atoms with Gasteiger partial charge in [0.05, 0.1) is 16.6 Å². The lowest BCUT2D eigenvalue weighted by Crippen LogP contribution is -2.29. The van der Waals surface area contributed by atoms with E-state index in [0.29, 0.717) is 0 Å². The van der Waals surface area contributed by atoms with Gasteiger partial charge in [0.25, 0.3) is 0 Å². The first kappa shape index (κ1) is 24.6. The predicted molar refractivity (Wildman–Crippen MR) is 137 cm³/mol. The van der Waals surface area contributed by atoms with Crippen LogP contribution >= 0.6 is 0 Å². The number of halogens is 5. The van der Waals surface area contributed by atoms with Crippen molar-refractivity contribution in [2.24, 2.45) is 0 Å². The molecule has 0 amide bonds. The maximum atomic E-state index is 15.1. The summed E-state index contributed by atoms with van der Waals surface area (Å²) in [6, 6.07) is 36.8. The molecule has 0 saturated heterocycles. The lowest BCUT2D eigenvalue weighted by molar-refractivity contribution is -0.142. The fourth-order valence-corrected chi connectivity index (χ4v) is 5.01. The van der Waals surface area contributed by atoms with E-state index in [9.17, 15) is 17.6 Å². The molecule has 186 valence electrons. The van der Waals surface area contributed by atoms with Gasteiger partial charge in [-0.1, -0.05) is 91.0 Å². The van der Waals surface area contributed by atoms with Crippen molar-refractivity contribution in [2.75, 3.05) is 13.3 Å². The number of para-hydroxylation sites is 1. The molecule has 4 aromatic carbocycles. The van der Waals surface area contributed by atoms with Gasteiger partial charge in [-0.3, -0.25) is 0 Å². The molecule has 1 aromatic heterocycles. The van der Waals surface area contributed by atoms with Gasteiger partial charge in [0.15, 0.2) is 6.67 Å². The number of nitrogens with zero attached hydrogens (tertiary/aromatic N) is 1. The average molecular weight is 504 g/mol. The fraction of sp³-hybridized carbons (Fsp3) is 0.129. The van der Waals surface area contributed by atoms with E-state index in [1.165, 1.54) is 0 Å². The van der Waals surface area contributed by atoms with E-state index in [2.05, 4.69) is 42.5 Å². The Bertz CT molecular complexity index is 1540. The summed E-state index contributed by atoms with van der Waals surface area (Å²) in [6.45, 7) is -2.72. The molecule has 37 heavy (non-hydrogen) atoms. The van der Waals surface area contributed by atoms with E-state index >= 15 is 4.39 Å². The Hall–Kier alpha value is -4.06. The van der Waals surface area contributed by atoms with Crippen LogP contribution in [0.3, 0.4) is 0 Å². The van der Waals surface area contributed by atoms with Crippen LogP contribution < -0.4 is 0 Å². The van der Waals surface area contributed by atoms with E-state index in [1.807, 2.05) is 66.7 Å². The molecule has 6 heteroatoms. The van der Waals surface area contributed by atoms with Crippen LogP contribution in [0, 0.1) is 0 Å². The monoisotopic (exact) mass is 503 g/mol. The summed E-state index contributed by atoms with van der Waals surface area (Å²) in [5.74, 6) is 0. The molecule has 6 rings (SSSR count). The summed E-state index contributed by atoms with van der Waals surface area (Å²) in [5.41, 5.74) is 7.29. The van der Waals surface area contributed by atoms with E-state index in [1.54, 1.807) is 0 Å². The first-order chi connectivity index (χ1) is 17.9. The highest BCUT2D eigenvalue weighted by atomic mass is 19.4. The molecule has 0 N–H and O–H groups in total. The quantitative estimate of drug-likeness (QED) is 0.224. The van der Waals surface area contributed by atoms with Crippen molar-refractivity contribution in [3.8, 4) is 22.4 Å². The summed E-state index contributed by atoms with van der Waals surface area (Å²) in [7, 11) is 0. The zero-order valence-corrected chi connectivity index (χ0v) is 19.6. The Kier molecular flexibility index (Phi) is 6.50. The molecule has 0 radical (unpaired) electrons. The highest BCUT2D eigenvalue weighted by Crippen LogP contribution is 2.53. The smallest absolute Gasteiger partial charge is 0.249 e. The Labute approximate surface area is 211 Å². The molecule has 1 nitrogen and oxygen atoms in total. The number of alkyl halides is 5. The summed E-state index contributed by atoms with van der Waals surface area (Å²) in [4.78, 5) is 4.87. The van der Waals surface area contributed by atoms with E-state index in [4.69, 9.17) is 4.98 Å². The third kappa shape index (κ3) is 4.48. The largest absolute Gasteiger partial charge is 0.416 e. The molecule has 1 aliphatic rings. The standard InChI is InChI=1S/C29H20FN.C2H2F4/c30-19-29(22-9-2-1-3-10-22)25-12-6-5-11-23(25)24-16-14-21(18-26(24)29)28-17-15-20-8-4-7-13-27(20)31-28;3-1-2(4,5)6/h1-18H,19H2;1H2. The second-order valence-electron chi connectivity index (χ2n) is 8.85. The number of fused-ring (bicyclic) bond motifs is 4. The van der Waals surface area contributed by atoms with Gasteiger partial charge in [-0.25, -0.2) is 13.8 Å². The lowest BCUT2D eigenvalue weighted by atomic mass is 9.73. The highest BCUT2D eigenvalue weighted by molar-refractivity contribution is 5.87. The van der Waals surface area contributed by atoms with Gasteiger partial charge in [0.2, 0.25) is 0 Å². The van der Waals surface area contributed by atoms with Crippen LogP contribution in [-0.4, -0.2) is 24.5 Å². The van der Waals surface area contributed by atoms with Crippen molar-refractivity contribution in [3.63, 3.8) is 0 Å². The Morgan fingerprint density at radius 2 is 1.30 bits per heavy atom. The molecule has 0 saturated carbocycles.